The Labute approximate surface area is 77.9 Å². The number of hydrogen-bond acceptors (Lipinski definition) is 3. The lowest BCUT2D eigenvalue weighted by molar-refractivity contribution is 0.112. The summed E-state index contributed by atoms with van der Waals surface area (Å²) in [7, 11) is 5.45. The molecule has 0 bridgehead atoms. The third-order valence-corrected chi connectivity index (χ3v) is 1.82. The van der Waals surface area contributed by atoms with Crippen LogP contribution in [-0.2, 0) is 0 Å². The number of anilines is 1. The van der Waals surface area contributed by atoms with Crippen molar-refractivity contribution >= 4 is 12.0 Å². The Kier molecular flexibility index (Phi) is 2.90. The molecule has 1 aromatic rings. The number of benzene rings is 1. The molecule has 0 aliphatic carbocycles. The lowest BCUT2D eigenvalue weighted by Gasteiger charge is -2.16. The summed E-state index contributed by atoms with van der Waals surface area (Å²) in [4.78, 5) is 12.4. The zero-order valence-electron chi connectivity index (χ0n) is 8.07. The maximum absolute atomic E-state index is 10.5. The van der Waals surface area contributed by atoms with E-state index < -0.39 is 0 Å². The average Bonchev–Trinajstić information content (AvgIpc) is 2.16. The van der Waals surface area contributed by atoms with Gasteiger partial charge in [0.05, 0.1) is 12.8 Å². The van der Waals surface area contributed by atoms with E-state index in [1.807, 2.05) is 25.1 Å². The molecule has 0 aliphatic heterocycles. The van der Waals surface area contributed by atoms with Crippen LogP contribution in [-0.4, -0.2) is 27.5 Å². The molecule has 0 aliphatic rings. The number of rotatable bonds is 3. The van der Waals surface area contributed by atoms with Crippen LogP contribution in [0.15, 0.2) is 18.2 Å². The molecule has 3 heteroatoms. The van der Waals surface area contributed by atoms with Gasteiger partial charge < -0.3 is 9.64 Å². The molecule has 0 N–H and O–H groups in total. The van der Waals surface area contributed by atoms with Crippen molar-refractivity contribution in [3.63, 3.8) is 0 Å². The van der Waals surface area contributed by atoms with E-state index in [0.717, 1.165) is 17.7 Å². The van der Waals surface area contributed by atoms with Gasteiger partial charge in [-0.3, -0.25) is 4.79 Å². The average molecular weight is 179 g/mol. The molecule has 0 fully saturated rings. The van der Waals surface area contributed by atoms with E-state index in [4.69, 9.17) is 4.74 Å². The smallest absolute Gasteiger partial charge is 0.150 e. The lowest BCUT2D eigenvalue weighted by Crippen LogP contribution is -2.10. The van der Waals surface area contributed by atoms with Gasteiger partial charge in [0.15, 0.2) is 0 Å². The molecular weight excluding hydrogens is 166 g/mol. The van der Waals surface area contributed by atoms with Crippen LogP contribution in [0, 0.1) is 0 Å². The molecule has 1 aromatic carbocycles. The van der Waals surface area contributed by atoms with Gasteiger partial charge >= 0.3 is 0 Å². The Balaban J connectivity index is 3.15. The van der Waals surface area contributed by atoms with E-state index in [2.05, 4.69) is 0 Å². The number of hydrogen-bond donors (Lipinski definition) is 0. The van der Waals surface area contributed by atoms with Crippen LogP contribution in [0.2, 0.25) is 0 Å². The third kappa shape index (κ3) is 1.99. The van der Waals surface area contributed by atoms with Gasteiger partial charge in [0, 0.05) is 19.7 Å². The molecule has 0 amide bonds. The summed E-state index contributed by atoms with van der Waals surface area (Å²) < 4.78 is 5.15. The predicted molar refractivity (Wildman–Crippen MR) is 52.7 cm³/mol. The fourth-order valence-corrected chi connectivity index (χ4v) is 1.14. The highest BCUT2D eigenvalue weighted by molar-refractivity contribution is 5.78. The van der Waals surface area contributed by atoms with Crippen molar-refractivity contribution in [3.8, 4) is 5.75 Å². The fourth-order valence-electron chi connectivity index (χ4n) is 1.14. The van der Waals surface area contributed by atoms with Gasteiger partial charge in [0.2, 0.25) is 0 Å². The monoisotopic (exact) mass is 179 g/mol. The van der Waals surface area contributed by atoms with Gasteiger partial charge in [-0.25, -0.2) is 0 Å². The first-order chi connectivity index (χ1) is 6.19. The zero-order valence-corrected chi connectivity index (χ0v) is 8.07. The number of aldehydes is 1. The molecule has 0 atom stereocenters. The van der Waals surface area contributed by atoms with Crippen LogP contribution >= 0.6 is 0 Å². The Morgan fingerprint density at radius 1 is 1.38 bits per heavy atom. The molecule has 0 saturated heterocycles. The van der Waals surface area contributed by atoms with Gasteiger partial charge in [-0.05, 0) is 18.2 Å². The molecule has 0 heterocycles. The van der Waals surface area contributed by atoms with E-state index >= 15 is 0 Å². The van der Waals surface area contributed by atoms with Crippen molar-refractivity contribution in [2.45, 2.75) is 0 Å². The number of carbonyl (C=O) groups is 1. The highest BCUT2D eigenvalue weighted by Gasteiger charge is 2.04. The highest BCUT2D eigenvalue weighted by atomic mass is 16.5. The van der Waals surface area contributed by atoms with Gasteiger partial charge in [-0.15, -0.1) is 0 Å². The first kappa shape index (κ1) is 9.58. The van der Waals surface area contributed by atoms with Gasteiger partial charge in [-0.2, -0.15) is 0 Å². The molecule has 70 valence electrons. The molecule has 0 spiro atoms. The maximum atomic E-state index is 10.5. The number of methoxy groups -OCH3 is 1. The molecule has 0 aromatic heterocycles. The fraction of sp³-hybridized carbons (Fsp3) is 0.300. The van der Waals surface area contributed by atoms with E-state index in [9.17, 15) is 4.79 Å². The zero-order chi connectivity index (χ0) is 9.84. The van der Waals surface area contributed by atoms with Crippen LogP contribution in [0.4, 0.5) is 5.69 Å². The minimum Gasteiger partial charge on any atom is -0.495 e. The molecule has 13 heavy (non-hydrogen) atoms. The Morgan fingerprint density at radius 3 is 2.54 bits per heavy atom. The Hall–Kier alpha value is -1.51. The third-order valence-electron chi connectivity index (χ3n) is 1.82. The topological polar surface area (TPSA) is 29.5 Å². The van der Waals surface area contributed by atoms with Crippen molar-refractivity contribution in [2.75, 3.05) is 26.1 Å². The maximum Gasteiger partial charge on any atom is 0.150 e. The standard InChI is InChI=1S/C10H13NO2/c1-11(2)9-5-4-8(7-12)6-10(9)13-3/h4-7H,1-3H3. The van der Waals surface area contributed by atoms with Gasteiger partial charge in [-0.1, -0.05) is 0 Å². The van der Waals surface area contributed by atoms with Gasteiger partial charge in [0.25, 0.3) is 0 Å². The number of ether oxygens (including phenoxy) is 1. The normalized spacial score (nSPS) is 9.46. The summed E-state index contributed by atoms with van der Waals surface area (Å²) in [6.07, 6.45) is 0.808. The minimum atomic E-state index is 0.627. The second-order valence-corrected chi connectivity index (χ2v) is 2.94. The molecular formula is C10H13NO2. The summed E-state index contributed by atoms with van der Waals surface area (Å²) in [6, 6.07) is 5.36. The minimum absolute atomic E-state index is 0.627. The summed E-state index contributed by atoms with van der Waals surface area (Å²) >= 11 is 0. The first-order valence-electron chi connectivity index (χ1n) is 3.99. The summed E-state index contributed by atoms with van der Waals surface area (Å²) in [5.74, 6) is 0.717. The van der Waals surface area contributed by atoms with Crippen molar-refractivity contribution in [3.05, 3.63) is 23.8 Å². The summed E-state index contributed by atoms with van der Waals surface area (Å²) in [5, 5.41) is 0. The van der Waals surface area contributed by atoms with Crippen molar-refractivity contribution < 1.29 is 9.53 Å². The number of nitrogens with zero attached hydrogens (tertiary/aromatic N) is 1. The SMILES string of the molecule is COc1cc(C=O)ccc1N(C)C. The largest absolute Gasteiger partial charge is 0.495 e. The molecule has 3 nitrogen and oxygen atoms in total. The quantitative estimate of drug-likeness (QED) is 0.660. The highest BCUT2D eigenvalue weighted by Crippen LogP contribution is 2.26. The van der Waals surface area contributed by atoms with Crippen molar-refractivity contribution in [1.82, 2.24) is 0 Å². The number of carbonyl (C=O) groups excluding carboxylic acids is 1. The Bertz CT molecular complexity index is 308. The van der Waals surface area contributed by atoms with Crippen LogP contribution in [0.25, 0.3) is 0 Å². The Morgan fingerprint density at radius 2 is 2.08 bits per heavy atom. The van der Waals surface area contributed by atoms with Crippen LogP contribution in [0.5, 0.6) is 5.75 Å². The summed E-state index contributed by atoms with van der Waals surface area (Å²) in [5.41, 5.74) is 1.59. The first-order valence-corrected chi connectivity index (χ1v) is 3.99. The second-order valence-electron chi connectivity index (χ2n) is 2.94. The van der Waals surface area contributed by atoms with E-state index in [0.29, 0.717) is 5.56 Å². The molecule has 0 unspecified atom stereocenters. The molecule has 0 radical (unpaired) electrons. The second kappa shape index (κ2) is 3.94. The summed E-state index contributed by atoms with van der Waals surface area (Å²) in [6.45, 7) is 0. The molecule has 0 saturated carbocycles. The van der Waals surface area contributed by atoms with Crippen LogP contribution < -0.4 is 9.64 Å². The van der Waals surface area contributed by atoms with Crippen molar-refractivity contribution in [2.24, 2.45) is 0 Å². The predicted octanol–water partition coefficient (Wildman–Crippen LogP) is 1.57. The van der Waals surface area contributed by atoms with E-state index in [-0.39, 0.29) is 0 Å². The van der Waals surface area contributed by atoms with Gasteiger partial charge in [0.1, 0.15) is 12.0 Å². The van der Waals surface area contributed by atoms with E-state index in [1.54, 1.807) is 19.2 Å². The van der Waals surface area contributed by atoms with E-state index in [1.165, 1.54) is 0 Å². The van der Waals surface area contributed by atoms with Crippen LogP contribution in [0.3, 0.4) is 0 Å². The molecule has 1 rings (SSSR count). The lowest BCUT2D eigenvalue weighted by atomic mass is 10.2. The van der Waals surface area contributed by atoms with Crippen LogP contribution in [0.1, 0.15) is 10.4 Å². The van der Waals surface area contributed by atoms with Crippen molar-refractivity contribution in [1.29, 1.82) is 0 Å².